The van der Waals surface area contributed by atoms with Crippen molar-refractivity contribution < 1.29 is 14.3 Å². The molecule has 1 fully saturated rings. The van der Waals surface area contributed by atoms with E-state index in [1.54, 1.807) is 0 Å². The van der Waals surface area contributed by atoms with E-state index in [-0.39, 0.29) is 17.0 Å². The Kier molecular flexibility index (Phi) is 3.51. The number of rotatable bonds is 3. The molecule has 1 unspecified atom stereocenters. The summed E-state index contributed by atoms with van der Waals surface area (Å²) in [5.41, 5.74) is 2.10. The molecular weight excluding hydrogens is 226 g/mol. The van der Waals surface area contributed by atoms with Gasteiger partial charge in [-0.15, -0.1) is 11.8 Å². The molecule has 0 saturated carbocycles. The highest BCUT2D eigenvalue weighted by molar-refractivity contribution is 7.99. The van der Waals surface area contributed by atoms with E-state index in [2.05, 4.69) is 17.0 Å². The summed E-state index contributed by atoms with van der Waals surface area (Å²) in [6.07, 6.45) is 1.89. The number of hydrogen-bond acceptors (Lipinski definition) is 4. The number of ether oxygens (including phenoxy) is 1. The van der Waals surface area contributed by atoms with Crippen LogP contribution in [-0.2, 0) is 14.3 Å². The lowest BCUT2D eigenvalue weighted by Gasteiger charge is -2.51. The van der Waals surface area contributed by atoms with Gasteiger partial charge in [0.25, 0.3) is 0 Å². The summed E-state index contributed by atoms with van der Waals surface area (Å²) in [5.74, 6) is -0.693. The van der Waals surface area contributed by atoms with Crippen molar-refractivity contribution in [2.45, 2.75) is 19.2 Å². The first kappa shape index (κ1) is 12.9. The second-order valence-corrected chi connectivity index (χ2v) is 4.92. The fourth-order valence-electron chi connectivity index (χ4n) is 1.75. The summed E-state index contributed by atoms with van der Waals surface area (Å²) in [6.45, 7) is 7.12. The van der Waals surface area contributed by atoms with Gasteiger partial charge in [0.2, 0.25) is 5.91 Å². The summed E-state index contributed by atoms with van der Waals surface area (Å²) in [6, 6.07) is 0. The number of methoxy groups -OCH3 is 1. The molecule has 4 nitrogen and oxygen atoms in total. The van der Waals surface area contributed by atoms with Crippen LogP contribution in [0, 0.1) is 5.41 Å². The van der Waals surface area contributed by atoms with E-state index < -0.39 is 11.4 Å². The van der Waals surface area contributed by atoms with Gasteiger partial charge in [0.05, 0.1) is 17.9 Å². The van der Waals surface area contributed by atoms with E-state index in [0.717, 1.165) is 0 Å². The third kappa shape index (κ3) is 1.66. The molecule has 0 aromatic rings. The SMILES string of the molecule is C=C=C(C(=O)OC)N1C(=O)C(C)(C)C1SC. The average molecular weight is 241 g/mol. The van der Waals surface area contributed by atoms with Gasteiger partial charge in [0, 0.05) is 0 Å². The maximum Gasteiger partial charge on any atom is 0.363 e. The van der Waals surface area contributed by atoms with Crippen LogP contribution in [0.1, 0.15) is 13.8 Å². The summed E-state index contributed by atoms with van der Waals surface area (Å²) in [4.78, 5) is 24.7. The summed E-state index contributed by atoms with van der Waals surface area (Å²) >= 11 is 1.51. The normalized spacial score (nSPS) is 22.1. The number of hydrogen-bond donors (Lipinski definition) is 0. The van der Waals surface area contributed by atoms with Crippen LogP contribution in [0.2, 0.25) is 0 Å². The number of amides is 1. The molecule has 1 rings (SSSR count). The fourth-order valence-corrected chi connectivity index (χ4v) is 2.85. The largest absolute Gasteiger partial charge is 0.464 e. The van der Waals surface area contributed by atoms with Gasteiger partial charge in [0.1, 0.15) is 0 Å². The van der Waals surface area contributed by atoms with Crippen molar-refractivity contribution in [3.63, 3.8) is 0 Å². The van der Waals surface area contributed by atoms with Crippen LogP contribution in [0.25, 0.3) is 0 Å². The van der Waals surface area contributed by atoms with Crippen molar-refractivity contribution >= 4 is 23.6 Å². The van der Waals surface area contributed by atoms with E-state index in [9.17, 15) is 9.59 Å². The molecule has 0 bridgehead atoms. The number of carbonyl (C=O) groups excluding carboxylic acids is 2. The van der Waals surface area contributed by atoms with Crippen LogP contribution in [-0.4, -0.2) is 35.5 Å². The third-order valence-corrected chi connectivity index (χ3v) is 3.88. The first-order valence-electron chi connectivity index (χ1n) is 4.76. The maximum atomic E-state index is 11.9. The highest BCUT2D eigenvalue weighted by Gasteiger charge is 2.56. The van der Waals surface area contributed by atoms with E-state index in [0.29, 0.717) is 0 Å². The lowest BCUT2D eigenvalue weighted by Crippen LogP contribution is -2.64. The van der Waals surface area contributed by atoms with E-state index in [1.165, 1.54) is 23.8 Å². The molecule has 16 heavy (non-hydrogen) atoms. The molecule has 1 saturated heterocycles. The first-order valence-corrected chi connectivity index (χ1v) is 6.05. The second-order valence-electron chi connectivity index (χ2n) is 4.00. The molecule has 88 valence electrons. The van der Waals surface area contributed by atoms with Crippen molar-refractivity contribution in [1.82, 2.24) is 4.90 Å². The van der Waals surface area contributed by atoms with Gasteiger partial charge in [-0.05, 0) is 20.1 Å². The maximum absolute atomic E-state index is 11.9. The third-order valence-electron chi connectivity index (χ3n) is 2.63. The number of esters is 1. The van der Waals surface area contributed by atoms with Gasteiger partial charge in [-0.2, -0.15) is 0 Å². The monoisotopic (exact) mass is 241 g/mol. The molecule has 0 radical (unpaired) electrons. The topological polar surface area (TPSA) is 46.6 Å². The number of likely N-dealkylation sites (tertiary alicyclic amines) is 1. The van der Waals surface area contributed by atoms with Crippen LogP contribution >= 0.6 is 11.8 Å². The molecule has 5 heteroatoms. The molecule has 0 aromatic heterocycles. The van der Waals surface area contributed by atoms with Crippen molar-refractivity contribution in [3.8, 4) is 0 Å². The number of carbonyl (C=O) groups is 2. The lowest BCUT2D eigenvalue weighted by atomic mass is 9.82. The Hall–Kier alpha value is -1.19. The minimum atomic E-state index is -0.585. The van der Waals surface area contributed by atoms with Gasteiger partial charge in [0.15, 0.2) is 5.70 Å². The Morgan fingerprint density at radius 1 is 1.62 bits per heavy atom. The highest BCUT2D eigenvalue weighted by atomic mass is 32.2. The Morgan fingerprint density at radius 2 is 2.19 bits per heavy atom. The molecular formula is C11H15NO3S. The molecule has 0 aliphatic carbocycles. The van der Waals surface area contributed by atoms with Crippen molar-refractivity contribution in [1.29, 1.82) is 0 Å². The fraction of sp³-hybridized carbons (Fsp3) is 0.545. The zero-order valence-corrected chi connectivity index (χ0v) is 10.7. The van der Waals surface area contributed by atoms with E-state index >= 15 is 0 Å². The summed E-state index contributed by atoms with van der Waals surface area (Å²) < 4.78 is 4.59. The molecule has 0 spiro atoms. The van der Waals surface area contributed by atoms with Gasteiger partial charge < -0.3 is 4.74 Å². The molecule has 1 amide bonds. The van der Waals surface area contributed by atoms with E-state index in [4.69, 9.17) is 0 Å². The predicted octanol–water partition coefficient (Wildman–Crippen LogP) is 1.39. The van der Waals surface area contributed by atoms with Crippen LogP contribution in [0.5, 0.6) is 0 Å². The van der Waals surface area contributed by atoms with Crippen molar-refractivity contribution in [2.75, 3.05) is 13.4 Å². The Bertz CT molecular complexity index is 383. The van der Waals surface area contributed by atoms with Crippen molar-refractivity contribution in [3.05, 3.63) is 18.0 Å². The molecule has 1 heterocycles. The average Bonchev–Trinajstić information content (AvgIpc) is 2.27. The number of thioether (sulfide) groups is 1. The summed E-state index contributed by atoms with van der Waals surface area (Å²) in [7, 11) is 1.27. The Morgan fingerprint density at radius 3 is 2.56 bits per heavy atom. The Balaban J connectivity index is 3.03. The Labute approximate surface area is 99.3 Å². The van der Waals surface area contributed by atoms with E-state index in [1.807, 2.05) is 20.1 Å². The zero-order chi connectivity index (χ0) is 12.5. The van der Waals surface area contributed by atoms with Gasteiger partial charge in [-0.1, -0.05) is 12.3 Å². The van der Waals surface area contributed by atoms with Crippen LogP contribution < -0.4 is 0 Å². The molecule has 0 N–H and O–H groups in total. The standard InChI is InChI=1S/C11H15NO3S/c1-6-7(8(13)15-4)12-9(14)11(2,3)10(12)16-5/h10H,1H2,2-5H3. The second kappa shape index (κ2) is 4.36. The summed E-state index contributed by atoms with van der Waals surface area (Å²) in [5, 5.41) is -0.0802. The molecule has 1 atom stereocenters. The van der Waals surface area contributed by atoms with Gasteiger partial charge >= 0.3 is 5.97 Å². The minimum absolute atomic E-state index is 0.0802. The van der Waals surface area contributed by atoms with Crippen LogP contribution in [0.3, 0.4) is 0 Å². The smallest absolute Gasteiger partial charge is 0.363 e. The highest BCUT2D eigenvalue weighted by Crippen LogP contribution is 2.46. The van der Waals surface area contributed by atoms with Gasteiger partial charge in [-0.25, -0.2) is 4.79 Å². The van der Waals surface area contributed by atoms with Gasteiger partial charge in [-0.3, -0.25) is 9.69 Å². The quantitative estimate of drug-likeness (QED) is 0.324. The predicted molar refractivity (Wildman–Crippen MR) is 62.6 cm³/mol. The van der Waals surface area contributed by atoms with Crippen LogP contribution in [0.15, 0.2) is 18.0 Å². The zero-order valence-electron chi connectivity index (χ0n) is 9.86. The molecule has 1 aliphatic rings. The van der Waals surface area contributed by atoms with Crippen LogP contribution in [0.4, 0.5) is 0 Å². The number of nitrogens with zero attached hydrogens (tertiary/aromatic N) is 1. The number of β-lactam (4-membered cyclic amide) rings is 1. The minimum Gasteiger partial charge on any atom is -0.464 e. The lowest BCUT2D eigenvalue weighted by molar-refractivity contribution is -0.160. The molecule has 0 aromatic carbocycles. The van der Waals surface area contributed by atoms with Crippen molar-refractivity contribution in [2.24, 2.45) is 5.41 Å². The first-order chi connectivity index (χ1) is 7.41. The molecule has 1 aliphatic heterocycles.